The van der Waals surface area contributed by atoms with Gasteiger partial charge in [0.25, 0.3) is 0 Å². The number of benzene rings is 1. The van der Waals surface area contributed by atoms with Crippen LogP contribution >= 0.6 is 0 Å². The zero-order valence-electron chi connectivity index (χ0n) is 20.1. The van der Waals surface area contributed by atoms with Gasteiger partial charge in [-0.1, -0.05) is 0 Å². The Morgan fingerprint density at radius 2 is 1.92 bits per heavy atom. The lowest BCUT2D eigenvalue weighted by Gasteiger charge is -2.48. The Balaban J connectivity index is 1.88. The van der Waals surface area contributed by atoms with E-state index < -0.39 is 64.5 Å². The first-order chi connectivity index (χ1) is 16.8. The second kappa shape index (κ2) is 8.79. The van der Waals surface area contributed by atoms with Gasteiger partial charge in [-0.25, -0.2) is 4.79 Å². The maximum absolute atomic E-state index is 13.6. The first kappa shape index (κ1) is 25.5. The molecule has 0 aliphatic heterocycles. The van der Waals surface area contributed by atoms with Crippen molar-refractivity contribution in [2.45, 2.75) is 37.9 Å². The van der Waals surface area contributed by atoms with Crippen LogP contribution in [-0.2, 0) is 25.5 Å². The Morgan fingerprint density at radius 3 is 2.50 bits per heavy atom. The van der Waals surface area contributed by atoms with Crippen molar-refractivity contribution in [3.05, 3.63) is 22.8 Å². The maximum atomic E-state index is 13.6. The monoisotopic (exact) mass is 503 g/mol. The fraction of sp³-hybridized carbons (Fsp3) is 0.500. The van der Waals surface area contributed by atoms with Gasteiger partial charge in [0.2, 0.25) is 11.7 Å². The van der Waals surface area contributed by atoms with Crippen molar-refractivity contribution in [2.24, 2.45) is 23.5 Å². The first-order valence-corrected chi connectivity index (χ1v) is 11.6. The van der Waals surface area contributed by atoms with Crippen molar-refractivity contribution in [1.29, 1.82) is 0 Å². The molecule has 3 aliphatic carbocycles. The average Bonchev–Trinajstić information content (AvgIpc) is 2.77. The van der Waals surface area contributed by atoms with Crippen LogP contribution < -0.4 is 16.0 Å². The number of primary amides is 1. The van der Waals surface area contributed by atoms with Crippen LogP contribution in [0.2, 0.25) is 0 Å². The molecule has 12 nitrogen and oxygen atoms in total. The number of ether oxygens (including phenoxy) is 1. The first-order valence-electron chi connectivity index (χ1n) is 11.6. The third-order valence-corrected chi connectivity index (χ3v) is 7.35. The van der Waals surface area contributed by atoms with Gasteiger partial charge in [-0.2, -0.15) is 0 Å². The highest BCUT2D eigenvalue weighted by Crippen LogP contribution is 2.53. The minimum atomic E-state index is -2.66. The fourth-order valence-corrected chi connectivity index (χ4v) is 5.74. The number of nitrogens with two attached hydrogens (primary N) is 1. The van der Waals surface area contributed by atoms with E-state index in [0.717, 1.165) is 0 Å². The minimum Gasteiger partial charge on any atom is -0.507 e. The summed E-state index contributed by atoms with van der Waals surface area (Å²) in [4.78, 5) is 52.2. The molecule has 0 spiro atoms. The second-order valence-electron chi connectivity index (χ2n) is 9.62. The van der Waals surface area contributed by atoms with E-state index in [0.29, 0.717) is 11.3 Å². The molecule has 0 heterocycles. The highest BCUT2D eigenvalue weighted by Gasteiger charge is 2.64. The number of anilines is 2. The molecule has 2 fully saturated rings. The van der Waals surface area contributed by atoms with E-state index in [-0.39, 0.29) is 42.7 Å². The van der Waals surface area contributed by atoms with Crippen molar-refractivity contribution in [3.8, 4) is 5.75 Å². The lowest BCUT2D eigenvalue weighted by atomic mass is 9.56. The van der Waals surface area contributed by atoms with Crippen molar-refractivity contribution in [2.75, 3.05) is 30.9 Å². The summed E-state index contributed by atoms with van der Waals surface area (Å²) in [6.45, 7) is 1.69. The van der Waals surface area contributed by atoms with Gasteiger partial charge in [0, 0.05) is 31.3 Å². The molecule has 12 heteroatoms. The fourth-order valence-electron chi connectivity index (χ4n) is 5.74. The van der Waals surface area contributed by atoms with E-state index in [9.17, 15) is 39.6 Å². The third-order valence-electron chi connectivity index (χ3n) is 7.35. The predicted molar refractivity (Wildman–Crippen MR) is 126 cm³/mol. The van der Waals surface area contributed by atoms with E-state index >= 15 is 0 Å². The molecule has 3 aliphatic rings. The summed E-state index contributed by atoms with van der Waals surface area (Å²) in [5.74, 6) is -8.01. The van der Waals surface area contributed by atoms with Crippen LogP contribution in [0.15, 0.2) is 11.6 Å². The van der Waals surface area contributed by atoms with Gasteiger partial charge in [0.05, 0.1) is 24.0 Å². The largest absolute Gasteiger partial charge is 0.507 e. The van der Waals surface area contributed by atoms with Crippen molar-refractivity contribution >= 4 is 40.7 Å². The number of carbonyl (C=O) groups excluding carboxylic acids is 4. The summed E-state index contributed by atoms with van der Waals surface area (Å²) in [6, 6.07) is 1.51. The molecule has 0 bridgehead atoms. The minimum absolute atomic E-state index is 0.0613. The smallest absolute Gasteiger partial charge is 0.411 e. The summed E-state index contributed by atoms with van der Waals surface area (Å²) in [6.07, 6.45) is -2.26. The number of hydrogen-bond acceptors (Lipinski definition) is 10. The Kier molecular flexibility index (Phi) is 6.21. The molecule has 2 saturated carbocycles. The van der Waals surface area contributed by atoms with Crippen LogP contribution in [0.3, 0.4) is 0 Å². The highest BCUT2D eigenvalue weighted by molar-refractivity contribution is 6.24. The van der Waals surface area contributed by atoms with Crippen LogP contribution in [0.1, 0.15) is 30.9 Å². The maximum Gasteiger partial charge on any atom is 0.411 e. The molecule has 0 radical (unpaired) electrons. The van der Waals surface area contributed by atoms with Crippen LogP contribution in [0.5, 0.6) is 5.75 Å². The van der Waals surface area contributed by atoms with Crippen molar-refractivity contribution in [3.63, 3.8) is 0 Å². The summed E-state index contributed by atoms with van der Waals surface area (Å²) < 4.78 is 4.87. The third kappa shape index (κ3) is 3.59. The number of fused-ring (bicyclic) bond motifs is 3. The van der Waals surface area contributed by atoms with Gasteiger partial charge >= 0.3 is 6.09 Å². The summed E-state index contributed by atoms with van der Waals surface area (Å²) in [5.41, 5.74) is 3.18. The van der Waals surface area contributed by atoms with Gasteiger partial charge in [-0.05, 0) is 43.7 Å². The van der Waals surface area contributed by atoms with E-state index in [1.807, 2.05) is 0 Å². The Morgan fingerprint density at radius 1 is 1.25 bits per heavy atom. The standard InChI is InChI=1S/C24H29N3O9/c1-4-36-23(34)26-12-8-13(27(2)3)11-6-9-5-10-7-14(28)17(22(25)33)21(32)24(10,35)20(31)15(9)19(30)16(11)18(12)29/h8-10,14,17,28-30,35H,4-7H2,1-3H3,(H2,25,33)(H,26,34)/t9-,10+,14?,17?,24+/m1/s1. The normalized spacial score (nSPS) is 29.1. The molecule has 1 aromatic rings. The molecule has 7 N–H and O–H groups in total. The number of phenolic OH excluding ortho intramolecular Hbond substituents is 1. The summed E-state index contributed by atoms with van der Waals surface area (Å²) >= 11 is 0. The molecule has 0 aromatic heterocycles. The molecular formula is C24H29N3O9. The van der Waals surface area contributed by atoms with Crippen LogP contribution in [-0.4, -0.2) is 76.4 Å². The highest BCUT2D eigenvalue weighted by atomic mass is 16.5. The zero-order chi connectivity index (χ0) is 26.7. The molecule has 5 atom stereocenters. The van der Waals surface area contributed by atoms with Gasteiger partial charge in [0.15, 0.2) is 17.1 Å². The second-order valence-corrected chi connectivity index (χ2v) is 9.62. The van der Waals surface area contributed by atoms with Crippen LogP contribution in [0, 0.1) is 17.8 Å². The zero-order valence-corrected chi connectivity index (χ0v) is 20.1. The molecule has 4 rings (SSSR count). The number of hydrogen-bond donors (Lipinski definition) is 6. The quantitative estimate of drug-likeness (QED) is 0.244. The lowest BCUT2D eigenvalue weighted by Crippen LogP contribution is -2.66. The molecule has 0 saturated heterocycles. The number of rotatable bonds is 4. The van der Waals surface area contributed by atoms with E-state index in [1.165, 1.54) is 6.07 Å². The van der Waals surface area contributed by atoms with Gasteiger partial charge in [0.1, 0.15) is 11.7 Å². The number of phenols is 1. The summed E-state index contributed by atoms with van der Waals surface area (Å²) in [7, 11) is 3.45. The molecule has 36 heavy (non-hydrogen) atoms. The Hall–Kier alpha value is -3.64. The van der Waals surface area contributed by atoms with Crippen molar-refractivity contribution < 1.29 is 44.3 Å². The number of ketones is 2. The molecule has 2 amide bonds. The van der Waals surface area contributed by atoms with Crippen molar-refractivity contribution in [1.82, 2.24) is 0 Å². The Bertz CT molecular complexity index is 1210. The predicted octanol–water partition coefficient (Wildman–Crippen LogP) is 0.223. The number of amides is 2. The number of aliphatic hydroxyl groups is 3. The number of aromatic hydroxyl groups is 1. The topological polar surface area (TPSA) is 200 Å². The summed E-state index contributed by atoms with van der Waals surface area (Å²) in [5, 5.41) is 46.3. The number of nitrogens with one attached hydrogen (secondary N) is 1. The molecule has 2 unspecified atom stereocenters. The van der Waals surface area contributed by atoms with Crippen LogP contribution in [0.4, 0.5) is 16.2 Å². The number of Topliss-reactive ketones (excluding diaryl/α,β-unsaturated/α-hetero) is 2. The van der Waals surface area contributed by atoms with E-state index in [2.05, 4.69) is 5.32 Å². The van der Waals surface area contributed by atoms with Gasteiger partial charge in [-0.3, -0.25) is 19.7 Å². The Labute approximate surface area is 206 Å². The van der Waals surface area contributed by atoms with Crippen LogP contribution in [0.25, 0.3) is 5.76 Å². The van der Waals surface area contributed by atoms with E-state index in [1.54, 1.807) is 25.9 Å². The lowest BCUT2D eigenvalue weighted by molar-refractivity contribution is -0.174. The molecule has 1 aromatic carbocycles. The average molecular weight is 504 g/mol. The van der Waals surface area contributed by atoms with Gasteiger partial charge < -0.3 is 35.8 Å². The van der Waals surface area contributed by atoms with E-state index in [4.69, 9.17) is 10.5 Å². The number of aliphatic hydroxyl groups excluding tert-OH is 2. The SMILES string of the molecule is CCOC(=O)Nc1cc(N(C)C)c2c(c1O)C(O)=C1C(=O)[C@]3(O)C(=O)C(C(N)=O)C(O)C[C@@H]3C[C@@H]1C2. The molecular weight excluding hydrogens is 474 g/mol. The molecule has 194 valence electrons. The van der Waals surface area contributed by atoms with Gasteiger partial charge in [-0.15, -0.1) is 0 Å². The number of carbonyl (C=O) groups is 4. The number of nitrogens with zero attached hydrogens (tertiary/aromatic N) is 1.